The lowest BCUT2D eigenvalue weighted by molar-refractivity contribution is 0.307. The van der Waals surface area contributed by atoms with Crippen LogP contribution in [0, 0.1) is 0 Å². The molecule has 2 N–H and O–H groups in total. The van der Waals surface area contributed by atoms with E-state index in [1.54, 1.807) is 0 Å². The van der Waals surface area contributed by atoms with Crippen molar-refractivity contribution in [3.05, 3.63) is 11.6 Å². The smallest absolute Gasteiger partial charge is 0.147 e. The first-order valence-corrected chi connectivity index (χ1v) is 6.11. The monoisotopic (exact) mass is 223 g/mol. The first-order valence-electron chi connectivity index (χ1n) is 6.11. The second-order valence-corrected chi connectivity index (χ2v) is 4.52. The van der Waals surface area contributed by atoms with Crippen molar-refractivity contribution < 1.29 is 0 Å². The van der Waals surface area contributed by atoms with Crippen LogP contribution in [0.5, 0.6) is 0 Å². The molecule has 0 spiro atoms. The van der Waals surface area contributed by atoms with Crippen LogP contribution in [0.25, 0.3) is 0 Å². The zero-order valence-electron chi connectivity index (χ0n) is 10.0. The molecule has 0 radical (unpaired) electrons. The van der Waals surface area contributed by atoms with Crippen molar-refractivity contribution in [3.63, 3.8) is 0 Å². The highest BCUT2D eigenvalue weighted by molar-refractivity contribution is 4.98. The summed E-state index contributed by atoms with van der Waals surface area (Å²) in [5.74, 6) is 2.27. The number of rotatable bonds is 5. The Morgan fingerprint density at radius 1 is 1.38 bits per heavy atom. The molecular weight excluding hydrogens is 202 g/mol. The predicted molar refractivity (Wildman–Crippen MR) is 63.0 cm³/mol. The molecule has 16 heavy (non-hydrogen) atoms. The highest BCUT2D eigenvalue weighted by Gasteiger charge is 2.16. The zero-order valence-corrected chi connectivity index (χ0v) is 10.0. The van der Waals surface area contributed by atoms with Gasteiger partial charge < -0.3 is 10.3 Å². The lowest BCUT2D eigenvalue weighted by Crippen LogP contribution is -2.24. The van der Waals surface area contributed by atoms with Crippen molar-refractivity contribution in [2.75, 3.05) is 20.1 Å². The van der Waals surface area contributed by atoms with Crippen molar-refractivity contribution >= 4 is 0 Å². The third-order valence-electron chi connectivity index (χ3n) is 3.09. The minimum Gasteiger partial charge on any atom is -0.330 e. The Kier molecular flexibility index (Phi) is 3.90. The maximum Gasteiger partial charge on any atom is 0.147 e. The van der Waals surface area contributed by atoms with Gasteiger partial charge in [-0.3, -0.25) is 4.90 Å². The van der Waals surface area contributed by atoms with E-state index < -0.39 is 0 Å². The van der Waals surface area contributed by atoms with Crippen molar-refractivity contribution in [2.45, 2.75) is 38.8 Å². The first kappa shape index (κ1) is 11.5. The molecule has 1 aliphatic rings. The van der Waals surface area contributed by atoms with E-state index in [0.29, 0.717) is 0 Å². The van der Waals surface area contributed by atoms with E-state index in [9.17, 15) is 0 Å². The maximum atomic E-state index is 5.50. The van der Waals surface area contributed by atoms with Gasteiger partial charge in [-0.2, -0.15) is 0 Å². The molecule has 0 aliphatic carbocycles. The average Bonchev–Trinajstić information content (AvgIpc) is 2.70. The van der Waals surface area contributed by atoms with Gasteiger partial charge in [-0.05, 0) is 39.4 Å². The number of nitrogens with two attached hydrogens (primary N) is 1. The summed E-state index contributed by atoms with van der Waals surface area (Å²) in [6.45, 7) is 3.75. The molecule has 0 atom stereocenters. The van der Waals surface area contributed by atoms with E-state index in [2.05, 4.69) is 26.7 Å². The lowest BCUT2D eigenvalue weighted by Gasteiger charge is -2.18. The van der Waals surface area contributed by atoms with Gasteiger partial charge in [0.2, 0.25) is 0 Å². The molecule has 0 aromatic carbocycles. The van der Waals surface area contributed by atoms with Gasteiger partial charge in [-0.25, -0.2) is 0 Å². The molecular formula is C11H21N5. The molecule has 1 aliphatic heterocycles. The van der Waals surface area contributed by atoms with Crippen LogP contribution in [0.2, 0.25) is 0 Å². The van der Waals surface area contributed by atoms with Crippen LogP contribution in [-0.2, 0) is 19.5 Å². The molecule has 2 heterocycles. The van der Waals surface area contributed by atoms with Crippen molar-refractivity contribution in [3.8, 4) is 0 Å². The molecule has 0 saturated heterocycles. The topological polar surface area (TPSA) is 60.0 Å². The summed E-state index contributed by atoms with van der Waals surface area (Å²) in [7, 11) is 2.11. The minimum atomic E-state index is 0.752. The molecule has 90 valence electrons. The summed E-state index contributed by atoms with van der Waals surface area (Å²) in [4.78, 5) is 2.26. The van der Waals surface area contributed by atoms with Gasteiger partial charge in [0.15, 0.2) is 0 Å². The van der Waals surface area contributed by atoms with E-state index in [4.69, 9.17) is 5.73 Å². The molecule has 2 rings (SSSR count). The van der Waals surface area contributed by atoms with Crippen LogP contribution < -0.4 is 5.73 Å². The van der Waals surface area contributed by atoms with E-state index in [1.807, 2.05) is 0 Å². The largest absolute Gasteiger partial charge is 0.330 e. The van der Waals surface area contributed by atoms with Crippen molar-refractivity contribution in [1.29, 1.82) is 0 Å². The van der Waals surface area contributed by atoms with Crippen molar-refractivity contribution in [2.24, 2.45) is 5.73 Å². The standard InChI is InChI=1S/C11H21N5/c1-15(7-4-6-12)9-11-14-13-10-5-2-3-8-16(10)11/h2-9,12H2,1H3. The third kappa shape index (κ3) is 2.59. The van der Waals surface area contributed by atoms with Crippen LogP contribution in [0.4, 0.5) is 0 Å². The molecule has 0 amide bonds. The van der Waals surface area contributed by atoms with Crippen LogP contribution in [0.3, 0.4) is 0 Å². The second kappa shape index (κ2) is 5.41. The third-order valence-corrected chi connectivity index (χ3v) is 3.09. The molecule has 1 aromatic heterocycles. The Hall–Kier alpha value is -0.940. The lowest BCUT2D eigenvalue weighted by atomic mass is 10.2. The Labute approximate surface area is 96.6 Å². The molecule has 1 aromatic rings. The molecule has 0 fully saturated rings. The second-order valence-electron chi connectivity index (χ2n) is 4.52. The number of nitrogens with zero attached hydrogens (tertiary/aromatic N) is 4. The number of fused-ring (bicyclic) bond motifs is 1. The summed E-state index contributed by atoms with van der Waals surface area (Å²) in [6.07, 6.45) is 4.63. The Balaban J connectivity index is 1.96. The van der Waals surface area contributed by atoms with Crippen molar-refractivity contribution in [1.82, 2.24) is 19.7 Å². The summed E-state index contributed by atoms with van der Waals surface area (Å²) < 4.78 is 2.28. The van der Waals surface area contributed by atoms with E-state index in [1.165, 1.54) is 12.8 Å². The Morgan fingerprint density at radius 2 is 2.25 bits per heavy atom. The zero-order chi connectivity index (χ0) is 11.4. The van der Waals surface area contributed by atoms with Gasteiger partial charge >= 0.3 is 0 Å². The van der Waals surface area contributed by atoms with Crippen LogP contribution >= 0.6 is 0 Å². The fourth-order valence-corrected chi connectivity index (χ4v) is 2.17. The van der Waals surface area contributed by atoms with Crippen LogP contribution in [0.15, 0.2) is 0 Å². The number of hydrogen-bond acceptors (Lipinski definition) is 4. The highest BCUT2D eigenvalue weighted by Crippen LogP contribution is 2.14. The fourth-order valence-electron chi connectivity index (χ4n) is 2.17. The summed E-state index contributed by atoms with van der Waals surface area (Å²) >= 11 is 0. The summed E-state index contributed by atoms with van der Waals surface area (Å²) in [6, 6.07) is 0. The number of aryl methyl sites for hydroxylation is 1. The Bertz CT molecular complexity index is 333. The van der Waals surface area contributed by atoms with Gasteiger partial charge in [0.05, 0.1) is 6.54 Å². The van der Waals surface area contributed by atoms with Gasteiger partial charge in [0, 0.05) is 13.0 Å². The van der Waals surface area contributed by atoms with Crippen LogP contribution in [0.1, 0.15) is 30.9 Å². The van der Waals surface area contributed by atoms with Gasteiger partial charge in [0.25, 0.3) is 0 Å². The van der Waals surface area contributed by atoms with E-state index >= 15 is 0 Å². The van der Waals surface area contributed by atoms with E-state index in [-0.39, 0.29) is 0 Å². The fraction of sp³-hybridized carbons (Fsp3) is 0.818. The van der Waals surface area contributed by atoms with Gasteiger partial charge in [0.1, 0.15) is 11.6 Å². The maximum absolute atomic E-state index is 5.50. The SMILES string of the molecule is CN(CCCN)Cc1nnc2n1CCCC2. The molecule has 0 bridgehead atoms. The Morgan fingerprint density at radius 3 is 3.06 bits per heavy atom. The molecule has 0 saturated carbocycles. The molecule has 0 unspecified atom stereocenters. The van der Waals surface area contributed by atoms with Gasteiger partial charge in [-0.1, -0.05) is 0 Å². The quantitative estimate of drug-likeness (QED) is 0.784. The number of aromatic nitrogens is 3. The van der Waals surface area contributed by atoms with E-state index in [0.717, 1.165) is 50.7 Å². The normalized spacial score (nSPS) is 15.4. The van der Waals surface area contributed by atoms with Crippen LogP contribution in [-0.4, -0.2) is 39.8 Å². The molecule has 5 nitrogen and oxygen atoms in total. The average molecular weight is 223 g/mol. The van der Waals surface area contributed by atoms with Gasteiger partial charge in [-0.15, -0.1) is 10.2 Å². The summed E-state index contributed by atoms with van der Waals surface area (Å²) in [5, 5.41) is 8.54. The first-order chi connectivity index (χ1) is 7.81. The minimum absolute atomic E-state index is 0.752. The predicted octanol–water partition coefficient (Wildman–Crippen LogP) is 0.395. The number of hydrogen-bond donors (Lipinski definition) is 1. The summed E-state index contributed by atoms with van der Waals surface area (Å²) in [5.41, 5.74) is 5.50. The molecule has 5 heteroatoms. The highest BCUT2D eigenvalue weighted by atomic mass is 15.3.